The van der Waals surface area contributed by atoms with Gasteiger partial charge in [0, 0.05) is 37.3 Å². The summed E-state index contributed by atoms with van der Waals surface area (Å²) < 4.78 is 14.1. The minimum Gasteiger partial charge on any atom is -0.367 e. The highest BCUT2D eigenvalue weighted by Gasteiger charge is 2.26. The van der Waals surface area contributed by atoms with Crippen LogP contribution in [0.1, 0.15) is 38.1 Å². The van der Waals surface area contributed by atoms with Crippen molar-refractivity contribution in [3.8, 4) is 0 Å². The molecule has 110 valence electrons. The van der Waals surface area contributed by atoms with Crippen molar-refractivity contribution in [3.63, 3.8) is 0 Å². The Hall–Kier alpha value is -1.42. The number of piperazine rings is 1. The number of carbonyl (C=O) groups is 1. The van der Waals surface area contributed by atoms with E-state index in [1.165, 1.54) is 13.0 Å². The van der Waals surface area contributed by atoms with Gasteiger partial charge in [-0.2, -0.15) is 0 Å². The first-order chi connectivity index (χ1) is 9.29. The standard InChI is InChI=1S/C16H23FN2O/c1-12(20)13-5-6-15(14(17)11-13)18-7-9-19(10-8-18)16(2,3)4/h5-6,11H,7-10H2,1-4H3. The third kappa shape index (κ3) is 3.18. The van der Waals surface area contributed by atoms with Crippen LogP contribution in [0.4, 0.5) is 10.1 Å². The van der Waals surface area contributed by atoms with Crippen LogP contribution >= 0.6 is 0 Å². The number of halogens is 1. The van der Waals surface area contributed by atoms with Crippen molar-refractivity contribution in [2.75, 3.05) is 31.1 Å². The number of ketones is 1. The van der Waals surface area contributed by atoms with Gasteiger partial charge in [-0.25, -0.2) is 4.39 Å². The van der Waals surface area contributed by atoms with Gasteiger partial charge in [0.25, 0.3) is 0 Å². The largest absolute Gasteiger partial charge is 0.367 e. The zero-order chi connectivity index (χ0) is 14.9. The van der Waals surface area contributed by atoms with Gasteiger partial charge < -0.3 is 4.90 Å². The van der Waals surface area contributed by atoms with E-state index < -0.39 is 0 Å². The summed E-state index contributed by atoms with van der Waals surface area (Å²) in [4.78, 5) is 15.7. The summed E-state index contributed by atoms with van der Waals surface area (Å²) >= 11 is 0. The molecule has 1 aliphatic heterocycles. The maximum Gasteiger partial charge on any atom is 0.159 e. The van der Waals surface area contributed by atoms with Gasteiger partial charge in [-0.3, -0.25) is 9.69 Å². The molecule has 0 unspecified atom stereocenters. The van der Waals surface area contributed by atoms with Gasteiger partial charge in [-0.05, 0) is 45.9 Å². The highest BCUT2D eigenvalue weighted by molar-refractivity contribution is 5.94. The lowest BCUT2D eigenvalue weighted by Crippen LogP contribution is -2.53. The molecule has 0 aliphatic carbocycles. The molecule has 0 amide bonds. The predicted molar refractivity (Wildman–Crippen MR) is 79.9 cm³/mol. The first kappa shape index (κ1) is 15.0. The summed E-state index contributed by atoms with van der Waals surface area (Å²) in [5, 5.41) is 0. The summed E-state index contributed by atoms with van der Waals surface area (Å²) in [5.41, 5.74) is 1.19. The van der Waals surface area contributed by atoms with E-state index in [0.29, 0.717) is 11.3 Å². The summed E-state index contributed by atoms with van der Waals surface area (Å²) in [7, 11) is 0. The van der Waals surface area contributed by atoms with Crippen molar-refractivity contribution in [2.24, 2.45) is 0 Å². The molecule has 1 fully saturated rings. The van der Waals surface area contributed by atoms with Gasteiger partial charge in [-0.15, -0.1) is 0 Å². The molecular weight excluding hydrogens is 255 g/mol. The Kier molecular flexibility index (Phi) is 4.14. The third-order valence-corrected chi connectivity index (χ3v) is 3.92. The Labute approximate surface area is 120 Å². The zero-order valence-corrected chi connectivity index (χ0v) is 12.7. The predicted octanol–water partition coefficient (Wildman–Crippen LogP) is 2.95. The molecule has 0 saturated carbocycles. The molecule has 1 aliphatic rings. The van der Waals surface area contributed by atoms with E-state index in [9.17, 15) is 9.18 Å². The minimum absolute atomic E-state index is 0.104. The highest BCUT2D eigenvalue weighted by atomic mass is 19.1. The molecule has 1 aromatic rings. The number of hydrogen-bond donors (Lipinski definition) is 0. The maximum atomic E-state index is 14.1. The summed E-state index contributed by atoms with van der Waals surface area (Å²) in [6.07, 6.45) is 0. The van der Waals surface area contributed by atoms with E-state index in [1.54, 1.807) is 12.1 Å². The molecule has 4 heteroatoms. The van der Waals surface area contributed by atoms with Crippen molar-refractivity contribution in [3.05, 3.63) is 29.6 Å². The second kappa shape index (κ2) is 5.52. The van der Waals surface area contributed by atoms with Gasteiger partial charge in [0.15, 0.2) is 5.78 Å². The fourth-order valence-electron chi connectivity index (χ4n) is 2.60. The third-order valence-electron chi connectivity index (χ3n) is 3.92. The Morgan fingerprint density at radius 2 is 1.75 bits per heavy atom. The average molecular weight is 278 g/mol. The molecule has 0 spiro atoms. The average Bonchev–Trinajstić information content (AvgIpc) is 2.37. The van der Waals surface area contributed by atoms with Crippen LogP contribution in [0.3, 0.4) is 0 Å². The van der Waals surface area contributed by atoms with Gasteiger partial charge in [0.2, 0.25) is 0 Å². The van der Waals surface area contributed by atoms with Crippen LogP contribution in [0.5, 0.6) is 0 Å². The van der Waals surface area contributed by atoms with Crippen molar-refractivity contribution in [2.45, 2.75) is 33.2 Å². The highest BCUT2D eigenvalue weighted by Crippen LogP contribution is 2.24. The number of benzene rings is 1. The van der Waals surface area contributed by atoms with Crippen LogP contribution < -0.4 is 4.90 Å². The molecule has 0 atom stereocenters. The summed E-state index contributed by atoms with van der Waals surface area (Å²) in [6, 6.07) is 4.77. The van der Waals surface area contributed by atoms with Crippen LogP contribution in [0.25, 0.3) is 0 Å². The van der Waals surface area contributed by atoms with Crippen molar-refractivity contribution in [1.29, 1.82) is 0 Å². The topological polar surface area (TPSA) is 23.6 Å². The molecule has 0 aromatic heterocycles. The summed E-state index contributed by atoms with van der Waals surface area (Å²) in [5.74, 6) is -0.407. The molecule has 1 saturated heterocycles. The molecular formula is C16H23FN2O. The molecule has 1 aromatic carbocycles. The van der Waals surface area contributed by atoms with Crippen molar-refractivity contribution >= 4 is 11.5 Å². The molecule has 0 N–H and O–H groups in total. The first-order valence-electron chi connectivity index (χ1n) is 7.09. The van der Waals surface area contributed by atoms with Crippen LogP contribution in [-0.4, -0.2) is 42.4 Å². The molecule has 1 heterocycles. The molecule has 0 radical (unpaired) electrons. The quantitative estimate of drug-likeness (QED) is 0.777. The Balaban J connectivity index is 2.09. The van der Waals surface area contributed by atoms with E-state index in [-0.39, 0.29) is 17.1 Å². The Bertz CT molecular complexity index is 500. The van der Waals surface area contributed by atoms with Crippen LogP contribution in [0, 0.1) is 5.82 Å². The number of rotatable bonds is 2. The molecule has 3 nitrogen and oxygen atoms in total. The number of nitrogens with zero attached hydrogens (tertiary/aromatic N) is 2. The number of carbonyl (C=O) groups excluding carboxylic acids is 1. The second-order valence-corrected chi connectivity index (χ2v) is 6.37. The smallest absolute Gasteiger partial charge is 0.159 e. The lowest BCUT2D eigenvalue weighted by molar-refractivity contribution is 0.101. The number of anilines is 1. The normalized spacial score (nSPS) is 17.4. The fourth-order valence-corrected chi connectivity index (χ4v) is 2.60. The zero-order valence-electron chi connectivity index (χ0n) is 12.7. The lowest BCUT2D eigenvalue weighted by Gasteiger charge is -2.43. The lowest BCUT2D eigenvalue weighted by atomic mass is 10.0. The van der Waals surface area contributed by atoms with E-state index in [1.807, 2.05) is 0 Å². The Morgan fingerprint density at radius 1 is 1.15 bits per heavy atom. The van der Waals surface area contributed by atoms with Gasteiger partial charge in [0.1, 0.15) is 5.82 Å². The van der Waals surface area contributed by atoms with E-state index in [2.05, 4.69) is 30.6 Å². The Morgan fingerprint density at radius 3 is 2.20 bits per heavy atom. The maximum absolute atomic E-state index is 14.1. The number of hydrogen-bond acceptors (Lipinski definition) is 3. The number of Topliss-reactive ketones (excluding diaryl/α,β-unsaturated/α-hetero) is 1. The molecule has 0 bridgehead atoms. The minimum atomic E-state index is -0.304. The molecule has 2 rings (SSSR count). The monoisotopic (exact) mass is 278 g/mol. The molecule has 20 heavy (non-hydrogen) atoms. The SMILES string of the molecule is CC(=O)c1ccc(N2CCN(C(C)(C)C)CC2)c(F)c1. The van der Waals surface area contributed by atoms with E-state index >= 15 is 0 Å². The van der Waals surface area contributed by atoms with Crippen LogP contribution in [0.15, 0.2) is 18.2 Å². The first-order valence-corrected chi connectivity index (χ1v) is 7.09. The second-order valence-electron chi connectivity index (χ2n) is 6.37. The van der Waals surface area contributed by atoms with Crippen molar-refractivity contribution in [1.82, 2.24) is 4.90 Å². The van der Waals surface area contributed by atoms with E-state index in [4.69, 9.17) is 0 Å². The van der Waals surface area contributed by atoms with Gasteiger partial charge >= 0.3 is 0 Å². The van der Waals surface area contributed by atoms with Gasteiger partial charge in [0.05, 0.1) is 5.69 Å². The van der Waals surface area contributed by atoms with Crippen LogP contribution in [0.2, 0.25) is 0 Å². The van der Waals surface area contributed by atoms with E-state index in [0.717, 1.165) is 26.2 Å². The van der Waals surface area contributed by atoms with Crippen molar-refractivity contribution < 1.29 is 9.18 Å². The summed E-state index contributed by atoms with van der Waals surface area (Å²) in [6.45, 7) is 11.5. The van der Waals surface area contributed by atoms with Gasteiger partial charge in [-0.1, -0.05) is 0 Å². The fraction of sp³-hybridized carbons (Fsp3) is 0.562. The van der Waals surface area contributed by atoms with Crippen LogP contribution in [-0.2, 0) is 0 Å².